The van der Waals surface area contributed by atoms with E-state index in [-0.39, 0.29) is 11.5 Å². The molecule has 3 aromatic rings. The van der Waals surface area contributed by atoms with E-state index in [9.17, 15) is 9.18 Å². The van der Waals surface area contributed by atoms with E-state index >= 15 is 0 Å². The van der Waals surface area contributed by atoms with Crippen LogP contribution in [0.3, 0.4) is 0 Å². The van der Waals surface area contributed by atoms with Crippen LogP contribution in [-0.2, 0) is 0 Å². The monoisotopic (exact) mass is 366 g/mol. The second kappa shape index (κ2) is 6.29. The molecule has 2 fully saturated rings. The normalized spacial score (nSPS) is 17.5. The molecule has 138 valence electrons. The summed E-state index contributed by atoms with van der Waals surface area (Å²) in [4.78, 5) is 16.4. The number of amides is 1. The predicted molar refractivity (Wildman–Crippen MR) is 97.3 cm³/mol. The van der Waals surface area contributed by atoms with Crippen molar-refractivity contribution in [3.63, 3.8) is 0 Å². The number of halogens is 1. The summed E-state index contributed by atoms with van der Waals surface area (Å²) in [6, 6.07) is 9.99. The van der Waals surface area contributed by atoms with Crippen molar-refractivity contribution in [2.45, 2.75) is 18.8 Å². The van der Waals surface area contributed by atoms with Gasteiger partial charge in [0.1, 0.15) is 11.6 Å². The second-order valence-corrected chi connectivity index (χ2v) is 7.05. The van der Waals surface area contributed by atoms with Gasteiger partial charge in [-0.05, 0) is 37.1 Å². The topological polar surface area (TPSA) is 66.6 Å². The van der Waals surface area contributed by atoms with Crippen LogP contribution in [0.5, 0.6) is 0 Å². The molecule has 27 heavy (non-hydrogen) atoms. The fraction of sp³-hybridized carbons (Fsp3) is 0.368. The largest absolute Gasteiger partial charge is 0.352 e. The number of carbonyl (C=O) groups excluding carboxylic acids is 1. The molecular weight excluding hydrogens is 347 g/mol. The van der Waals surface area contributed by atoms with Gasteiger partial charge in [0.15, 0.2) is 11.5 Å². The van der Waals surface area contributed by atoms with E-state index in [0.29, 0.717) is 32.1 Å². The van der Waals surface area contributed by atoms with E-state index in [1.54, 1.807) is 17.0 Å². The van der Waals surface area contributed by atoms with Crippen molar-refractivity contribution < 1.29 is 9.18 Å². The van der Waals surface area contributed by atoms with Crippen LogP contribution in [0.1, 0.15) is 34.9 Å². The summed E-state index contributed by atoms with van der Waals surface area (Å²) in [6.45, 7) is 2.37. The lowest BCUT2D eigenvalue weighted by atomic mass is 10.1. The highest BCUT2D eigenvalue weighted by Gasteiger charge is 2.30. The standard InChI is InChI=1S/C19H19FN6O/c20-15-4-2-1-3-14(15)19(27)25-11-9-24(10-12-25)17-8-7-16-21-22-18(13-5-6-13)26(16)23-17/h1-4,7-8,13H,5-6,9-12H2. The third kappa shape index (κ3) is 2.90. The first-order chi connectivity index (χ1) is 13.2. The van der Waals surface area contributed by atoms with Gasteiger partial charge < -0.3 is 9.80 Å². The van der Waals surface area contributed by atoms with Crippen molar-refractivity contribution in [1.82, 2.24) is 24.7 Å². The molecule has 0 bridgehead atoms. The van der Waals surface area contributed by atoms with Crippen molar-refractivity contribution in [3.8, 4) is 0 Å². The first-order valence-electron chi connectivity index (χ1n) is 9.22. The van der Waals surface area contributed by atoms with Crippen LogP contribution in [0, 0.1) is 5.82 Å². The molecule has 1 saturated carbocycles. The SMILES string of the molecule is O=C(c1ccccc1F)N1CCN(c2ccc3nnc(C4CC4)n3n2)CC1. The molecule has 1 saturated heterocycles. The summed E-state index contributed by atoms with van der Waals surface area (Å²) < 4.78 is 15.7. The van der Waals surface area contributed by atoms with Crippen LogP contribution in [-0.4, -0.2) is 56.8 Å². The summed E-state index contributed by atoms with van der Waals surface area (Å²) in [5, 5.41) is 13.2. The number of anilines is 1. The van der Waals surface area contributed by atoms with E-state index in [4.69, 9.17) is 5.10 Å². The highest BCUT2D eigenvalue weighted by atomic mass is 19.1. The van der Waals surface area contributed by atoms with Crippen molar-refractivity contribution in [1.29, 1.82) is 0 Å². The number of aromatic nitrogens is 4. The van der Waals surface area contributed by atoms with E-state index in [1.807, 2.05) is 16.6 Å². The van der Waals surface area contributed by atoms with Gasteiger partial charge in [-0.3, -0.25) is 4.79 Å². The average molecular weight is 366 g/mol. The van der Waals surface area contributed by atoms with E-state index < -0.39 is 5.82 Å². The fourth-order valence-electron chi connectivity index (χ4n) is 3.50. The molecule has 8 heteroatoms. The van der Waals surface area contributed by atoms with Crippen molar-refractivity contribution in [3.05, 3.63) is 53.6 Å². The summed E-state index contributed by atoms with van der Waals surface area (Å²) in [5.74, 6) is 1.52. The molecule has 1 aromatic carbocycles. The summed E-state index contributed by atoms with van der Waals surface area (Å²) in [5.41, 5.74) is 0.887. The zero-order valence-electron chi connectivity index (χ0n) is 14.8. The molecule has 1 amide bonds. The molecule has 2 aromatic heterocycles. The first-order valence-corrected chi connectivity index (χ1v) is 9.22. The van der Waals surface area contributed by atoms with Crippen LogP contribution in [0.2, 0.25) is 0 Å². The number of hydrogen-bond acceptors (Lipinski definition) is 5. The zero-order valence-corrected chi connectivity index (χ0v) is 14.8. The number of rotatable bonds is 3. The summed E-state index contributed by atoms with van der Waals surface area (Å²) in [7, 11) is 0. The Morgan fingerprint density at radius 3 is 2.52 bits per heavy atom. The summed E-state index contributed by atoms with van der Waals surface area (Å²) in [6.07, 6.45) is 2.28. The van der Waals surface area contributed by atoms with Crippen molar-refractivity contribution >= 4 is 17.4 Å². The Morgan fingerprint density at radius 1 is 1.00 bits per heavy atom. The van der Waals surface area contributed by atoms with Crippen LogP contribution in [0.15, 0.2) is 36.4 Å². The smallest absolute Gasteiger partial charge is 0.256 e. The molecular formula is C19H19FN6O. The van der Waals surface area contributed by atoms with Gasteiger partial charge in [0.2, 0.25) is 0 Å². The molecule has 0 atom stereocenters. The van der Waals surface area contributed by atoms with Crippen LogP contribution >= 0.6 is 0 Å². The highest BCUT2D eigenvalue weighted by molar-refractivity contribution is 5.94. The van der Waals surface area contributed by atoms with Crippen LogP contribution in [0.25, 0.3) is 5.65 Å². The predicted octanol–water partition coefficient (Wildman–Crippen LogP) is 2.10. The Hall–Kier alpha value is -3.03. The van der Waals surface area contributed by atoms with Crippen LogP contribution < -0.4 is 4.90 Å². The van der Waals surface area contributed by atoms with Gasteiger partial charge >= 0.3 is 0 Å². The minimum Gasteiger partial charge on any atom is -0.352 e. The molecule has 0 N–H and O–H groups in total. The molecule has 0 spiro atoms. The highest BCUT2D eigenvalue weighted by Crippen LogP contribution is 2.38. The lowest BCUT2D eigenvalue weighted by Crippen LogP contribution is -2.49. The Balaban J connectivity index is 1.32. The Bertz CT molecular complexity index is 1010. The number of piperazine rings is 1. The summed E-state index contributed by atoms with van der Waals surface area (Å²) >= 11 is 0. The number of benzene rings is 1. The number of nitrogens with zero attached hydrogens (tertiary/aromatic N) is 6. The average Bonchev–Trinajstić information content (AvgIpc) is 3.47. The Morgan fingerprint density at radius 2 is 1.78 bits per heavy atom. The third-order valence-electron chi connectivity index (χ3n) is 5.21. The lowest BCUT2D eigenvalue weighted by molar-refractivity contribution is 0.0741. The minimum absolute atomic E-state index is 0.129. The van der Waals surface area contributed by atoms with E-state index in [1.165, 1.54) is 12.1 Å². The Kier molecular flexibility index (Phi) is 3.77. The molecule has 1 aliphatic heterocycles. The Labute approximate surface area is 155 Å². The molecule has 5 rings (SSSR count). The van der Waals surface area contributed by atoms with Gasteiger partial charge in [-0.25, -0.2) is 4.39 Å². The fourth-order valence-corrected chi connectivity index (χ4v) is 3.50. The van der Waals surface area contributed by atoms with Crippen molar-refractivity contribution in [2.24, 2.45) is 0 Å². The zero-order chi connectivity index (χ0) is 18.4. The van der Waals surface area contributed by atoms with Gasteiger partial charge in [-0.2, -0.15) is 4.52 Å². The maximum Gasteiger partial charge on any atom is 0.256 e. The second-order valence-electron chi connectivity index (χ2n) is 7.05. The molecule has 2 aliphatic rings. The number of fused-ring (bicyclic) bond motifs is 1. The van der Waals surface area contributed by atoms with Gasteiger partial charge in [0.05, 0.1) is 5.56 Å². The van der Waals surface area contributed by atoms with E-state index in [2.05, 4.69) is 15.1 Å². The first kappa shape index (κ1) is 16.2. The van der Waals surface area contributed by atoms with Crippen LogP contribution in [0.4, 0.5) is 10.2 Å². The van der Waals surface area contributed by atoms with Gasteiger partial charge in [-0.15, -0.1) is 15.3 Å². The molecule has 0 unspecified atom stereocenters. The molecule has 1 aliphatic carbocycles. The van der Waals surface area contributed by atoms with Crippen molar-refractivity contribution in [2.75, 3.05) is 31.1 Å². The quantitative estimate of drug-likeness (QED) is 0.710. The lowest BCUT2D eigenvalue weighted by Gasteiger charge is -2.35. The van der Waals surface area contributed by atoms with Gasteiger partial charge in [0, 0.05) is 32.1 Å². The minimum atomic E-state index is -0.475. The van der Waals surface area contributed by atoms with Gasteiger partial charge in [-0.1, -0.05) is 12.1 Å². The molecule has 0 radical (unpaired) electrons. The third-order valence-corrected chi connectivity index (χ3v) is 5.21. The molecule has 3 heterocycles. The van der Waals surface area contributed by atoms with Gasteiger partial charge in [0.25, 0.3) is 5.91 Å². The maximum atomic E-state index is 13.9. The molecule has 7 nitrogen and oxygen atoms in total. The number of carbonyl (C=O) groups is 1. The number of hydrogen-bond donors (Lipinski definition) is 0. The van der Waals surface area contributed by atoms with E-state index in [0.717, 1.165) is 30.1 Å². The maximum absolute atomic E-state index is 13.9.